The van der Waals surface area contributed by atoms with E-state index in [1.54, 1.807) is 16.2 Å². The lowest BCUT2D eigenvalue weighted by molar-refractivity contribution is 0.0748. The van der Waals surface area contributed by atoms with Gasteiger partial charge in [-0.05, 0) is 79.7 Å². The number of carbonyl (C=O) groups excluding carboxylic acids is 2. The van der Waals surface area contributed by atoms with Gasteiger partial charge >= 0.3 is 0 Å². The Kier molecular flexibility index (Phi) is 8.60. The molecule has 2 heterocycles. The van der Waals surface area contributed by atoms with Crippen LogP contribution in [0.2, 0.25) is 0 Å². The number of aliphatic hydroxyl groups excluding tert-OH is 2. The number of aryl methyl sites for hydroxylation is 1. The molecular formula is C28H33N3O5S. The summed E-state index contributed by atoms with van der Waals surface area (Å²) in [6, 6.07) is 12.8. The third kappa shape index (κ3) is 6.37. The zero-order valence-electron chi connectivity index (χ0n) is 21.4. The summed E-state index contributed by atoms with van der Waals surface area (Å²) in [5.74, 6) is 0.110. The second kappa shape index (κ2) is 11.9. The number of fused-ring (bicyclic) bond motifs is 1. The molecule has 3 aromatic rings. The Morgan fingerprint density at radius 2 is 1.73 bits per heavy atom. The summed E-state index contributed by atoms with van der Waals surface area (Å²) in [6.07, 6.45) is 0. The average Bonchev–Trinajstić information content (AvgIpc) is 3.51. The minimum absolute atomic E-state index is 0.226. The fourth-order valence-electron chi connectivity index (χ4n) is 4.33. The first kappa shape index (κ1) is 26.8. The maximum atomic E-state index is 13.6. The van der Waals surface area contributed by atoms with Gasteiger partial charge in [-0.1, -0.05) is 6.07 Å². The van der Waals surface area contributed by atoms with Crippen LogP contribution in [0.5, 0.6) is 5.75 Å². The van der Waals surface area contributed by atoms with Crippen molar-refractivity contribution < 1.29 is 24.5 Å². The van der Waals surface area contributed by atoms with Crippen LogP contribution < -0.4 is 10.1 Å². The van der Waals surface area contributed by atoms with Gasteiger partial charge in [0.05, 0.1) is 19.8 Å². The van der Waals surface area contributed by atoms with Gasteiger partial charge in [0.25, 0.3) is 11.8 Å². The number of benzene rings is 2. The van der Waals surface area contributed by atoms with Crippen molar-refractivity contribution in [3.8, 4) is 5.75 Å². The number of aliphatic hydroxyl groups is 2. The van der Waals surface area contributed by atoms with E-state index < -0.39 is 0 Å². The van der Waals surface area contributed by atoms with Gasteiger partial charge in [0.1, 0.15) is 12.4 Å². The summed E-state index contributed by atoms with van der Waals surface area (Å²) in [5, 5.41) is 22.7. The molecule has 8 nitrogen and oxygen atoms in total. The molecule has 0 fully saturated rings. The molecule has 1 aromatic heterocycles. The van der Waals surface area contributed by atoms with Crippen molar-refractivity contribution in [2.24, 2.45) is 0 Å². The van der Waals surface area contributed by atoms with Crippen LogP contribution in [-0.2, 0) is 32.8 Å². The van der Waals surface area contributed by atoms with E-state index in [4.69, 9.17) is 4.74 Å². The van der Waals surface area contributed by atoms with E-state index in [0.29, 0.717) is 37.4 Å². The molecule has 3 N–H and O–H groups in total. The molecular weight excluding hydrogens is 490 g/mol. The second-order valence-electron chi connectivity index (χ2n) is 9.42. The molecule has 1 aliphatic rings. The third-order valence-corrected chi connectivity index (χ3v) is 7.36. The van der Waals surface area contributed by atoms with Crippen molar-refractivity contribution in [1.29, 1.82) is 0 Å². The third-order valence-electron chi connectivity index (χ3n) is 6.36. The Morgan fingerprint density at radius 3 is 2.41 bits per heavy atom. The van der Waals surface area contributed by atoms with E-state index in [1.165, 1.54) is 12.1 Å². The number of likely N-dealkylation sites (N-methyl/N-ethyl adjacent to an activating group) is 1. The monoisotopic (exact) mass is 523 g/mol. The zero-order valence-corrected chi connectivity index (χ0v) is 22.2. The second-order valence-corrected chi connectivity index (χ2v) is 10.8. The lowest BCUT2D eigenvalue weighted by Crippen LogP contribution is -2.28. The molecule has 0 radical (unpaired) electrons. The Balaban J connectivity index is 1.52. The van der Waals surface area contributed by atoms with Crippen LogP contribution in [0, 0.1) is 6.92 Å². The fourth-order valence-corrected chi connectivity index (χ4v) is 5.16. The predicted octanol–water partition coefficient (Wildman–Crippen LogP) is 3.07. The van der Waals surface area contributed by atoms with Gasteiger partial charge in [-0.25, -0.2) is 0 Å². The van der Waals surface area contributed by atoms with E-state index in [1.807, 2.05) is 56.3 Å². The van der Waals surface area contributed by atoms with Gasteiger partial charge in [-0.15, -0.1) is 11.3 Å². The molecule has 0 spiro atoms. The van der Waals surface area contributed by atoms with Crippen molar-refractivity contribution in [2.45, 2.75) is 39.8 Å². The fraction of sp³-hybridized carbons (Fsp3) is 0.357. The maximum Gasteiger partial charge on any atom is 0.254 e. The molecule has 0 bridgehead atoms. The number of nitrogens with zero attached hydrogens (tertiary/aromatic N) is 2. The Bertz CT molecular complexity index is 1290. The largest absolute Gasteiger partial charge is 0.492 e. The van der Waals surface area contributed by atoms with Gasteiger partial charge in [-0.2, -0.15) is 0 Å². The van der Waals surface area contributed by atoms with E-state index in [9.17, 15) is 19.8 Å². The number of ether oxygens (including phenoxy) is 1. The Morgan fingerprint density at radius 1 is 1.00 bits per heavy atom. The summed E-state index contributed by atoms with van der Waals surface area (Å²) in [7, 11) is 3.98. The van der Waals surface area contributed by atoms with Gasteiger partial charge in [0.2, 0.25) is 0 Å². The van der Waals surface area contributed by atoms with Gasteiger partial charge in [0, 0.05) is 40.5 Å². The number of hydrogen-bond acceptors (Lipinski definition) is 7. The predicted molar refractivity (Wildman–Crippen MR) is 143 cm³/mol. The molecule has 2 aromatic carbocycles. The van der Waals surface area contributed by atoms with Crippen LogP contribution in [0.4, 0.5) is 0 Å². The van der Waals surface area contributed by atoms with Crippen LogP contribution in [-0.4, -0.2) is 59.1 Å². The topological polar surface area (TPSA) is 102 Å². The van der Waals surface area contributed by atoms with Crippen molar-refractivity contribution >= 4 is 23.2 Å². The lowest BCUT2D eigenvalue weighted by atomic mass is 9.97. The van der Waals surface area contributed by atoms with E-state index in [-0.39, 0.29) is 36.2 Å². The minimum atomic E-state index is -0.381. The molecule has 0 unspecified atom stereocenters. The van der Waals surface area contributed by atoms with Crippen molar-refractivity contribution in [3.63, 3.8) is 0 Å². The van der Waals surface area contributed by atoms with E-state index >= 15 is 0 Å². The highest BCUT2D eigenvalue weighted by Gasteiger charge is 2.28. The number of amides is 2. The first-order valence-corrected chi connectivity index (χ1v) is 13.0. The average molecular weight is 524 g/mol. The number of hydrogen-bond donors (Lipinski definition) is 3. The number of thiophene rings is 1. The minimum Gasteiger partial charge on any atom is -0.492 e. The summed E-state index contributed by atoms with van der Waals surface area (Å²) in [6.45, 7) is 3.81. The molecule has 0 atom stereocenters. The molecule has 2 amide bonds. The quantitative estimate of drug-likeness (QED) is 0.378. The summed E-state index contributed by atoms with van der Waals surface area (Å²) < 4.78 is 5.84. The van der Waals surface area contributed by atoms with Gasteiger partial charge < -0.3 is 30.1 Å². The van der Waals surface area contributed by atoms with Gasteiger partial charge in [-0.3, -0.25) is 9.59 Å². The molecule has 9 heteroatoms. The summed E-state index contributed by atoms with van der Waals surface area (Å²) >= 11 is 1.60. The van der Waals surface area contributed by atoms with Crippen LogP contribution >= 0.6 is 11.3 Å². The van der Waals surface area contributed by atoms with Crippen molar-refractivity contribution in [3.05, 3.63) is 85.6 Å². The summed E-state index contributed by atoms with van der Waals surface area (Å²) in [4.78, 5) is 32.5. The molecule has 0 aliphatic carbocycles. The lowest BCUT2D eigenvalue weighted by Gasteiger charge is -2.19. The number of nitrogens with one attached hydrogen (secondary N) is 1. The maximum absolute atomic E-state index is 13.6. The van der Waals surface area contributed by atoms with Crippen LogP contribution in [0.3, 0.4) is 0 Å². The van der Waals surface area contributed by atoms with Crippen LogP contribution in [0.15, 0.2) is 42.5 Å². The van der Waals surface area contributed by atoms with Crippen molar-refractivity contribution in [2.75, 3.05) is 27.2 Å². The van der Waals surface area contributed by atoms with Gasteiger partial charge in [0.15, 0.2) is 0 Å². The highest BCUT2D eigenvalue weighted by Crippen LogP contribution is 2.29. The normalized spacial score (nSPS) is 12.6. The first-order chi connectivity index (χ1) is 17.8. The van der Waals surface area contributed by atoms with E-state index in [0.717, 1.165) is 33.2 Å². The number of rotatable bonds is 10. The molecule has 37 heavy (non-hydrogen) atoms. The molecule has 0 saturated carbocycles. The zero-order chi connectivity index (χ0) is 26.5. The Labute approximate surface area is 221 Å². The smallest absolute Gasteiger partial charge is 0.254 e. The molecule has 196 valence electrons. The SMILES string of the molecule is Cc1ccc(CNC(=O)c2cc(C(=O)N3Cc4ccc(OCCN(C)C)cc4C3)c(CO)cc2CO)s1. The molecule has 1 aliphatic heterocycles. The summed E-state index contributed by atoms with van der Waals surface area (Å²) in [5.41, 5.74) is 3.28. The first-order valence-electron chi connectivity index (χ1n) is 12.2. The van der Waals surface area contributed by atoms with Crippen molar-refractivity contribution in [1.82, 2.24) is 15.1 Å². The number of carbonyl (C=O) groups is 2. The molecule has 0 saturated heterocycles. The van der Waals surface area contributed by atoms with E-state index in [2.05, 4.69) is 5.32 Å². The van der Waals surface area contributed by atoms with Crippen LogP contribution in [0.25, 0.3) is 0 Å². The molecule has 4 rings (SSSR count). The standard InChI is InChI=1S/C28H33N3O5S/c1-18-4-7-24(37-18)13-29-27(34)25-12-26(22(17-33)10-21(25)16-32)28(35)31-14-19-5-6-23(11-20(19)15-31)36-9-8-30(2)3/h4-7,10-12,32-33H,8-9,13-17H2,1-3H3,(H,29,34). The highest BCUT2D eigenvalue weighted by molar-refractivity contribution is 7.11. The van der Waals surface area contributed by atoms with Crippen LogP contribution in [0.1, 0.15) is 52.7 Å². The highest BCUT2D eigenvalue weighted by atomic mass is 32.1. The Hall–Kier alpha value is -3.24.